The maximum Gasteiger partial charge on any atom is 0.112 e. The topological polar surface area (TPSA) is 82.4 Å². The van der Waals surface area contributed by atoms with E-state index < -0.39 is 18.3 Å². The molecule has 5 fully saturated rings. The molecule has 6 heteroatoms. The number of rotatable bonds is 10. The van der Waals surface area contributed by atoms with Crippen molar-refractivity contribution >= 4 is 0 Å². The Labute approximate surface area is 175 Å². The van der Waals surface area contributed by atoms with Gasteiger partial charge in [-0.2, -0.15) is 0 Å². The lowest BCUT2D eigenvalue weighted by atomic mass is 9.50. The summed E-state index contributed by atoms with van der Waals surface area (Å²) in [6.45, 7) is 2.59. The summed E-state index contributed by atoms with van der Waals surface area (Å²) in [5.74, 6) is 2.95. The summed E-state index contributed by atoms with van der Waals surface area (Å²) in [4.78, 5) is 1.79. The molecular weight excluding hydrogens is 370 g/mol. The van der Waals surface area contributed by atoms with Gasteiger partial charge in [-0.3, -0.25) is 4.90 Å². The van der Waals surface area contributed by atoms with Gasteiger partial charge in [0, 0.05) is 19.8 Å². The average Bonchev–Trinajstić information content (AvgIpc) is 2.65. The molecule has 1 heterocycles. The van der Waals surface area contributed by atoms with Gasteiger partial charge < -0.3 is 24.8 Å². The van der Waals surface area contributed by atoms with Crippen LogP contribution in [-0.4, -0.2) is 84.6 Å². The van der Waals surface area contributed by atoms with E-state index in [0.717, 1.165) is 50.2 Å². The van der Waals surface area contributed by atoms with E-state index in [1.54, 1.807) is 11.9 Å². The number of likely N-dealkylation sites (tertiary alicyclic amines) is 1. The van der Waals surface area contributed by atoms with Crippen molar-refractivity contribution in [1.82, 2.24) is 4.90 Å². The van der Waals surface area contributed by atoms with Crippen LogP contribution in [0.15, 0.2) is 0 Å². The zero-order valence-electron chi connectivity index (χ0n) is 18.0. The molecule has 6 nitrogen and oxygen atoms in total. The van der Waals surface area contributed by atoms with Gasteiger partial charge >= 0.3 is 0 Å². The van der Waals surface area contributed by atoms with Gasteiger partial charge in [0.1, 0.15) is 12.2 Å². The second-order valence-corrected chi connectivity index (χ2v) is 10.6. The molecule has 0 radical (unpaired) electrons. The molecule has 0 aromatic heterocycles. The van der Waals surface area contributed by atoms with E-state index in [9.17, 15) is 15.3 Å². The third-order valence-electron chi connectivity index (χ3n) is 8.15. The van der Waals surface area contributed by atoms with E-state index in [1.165, 1.54) is 38.5 Å². The van der Waals surface area contributed by atoms with Gasteiger partial charge in [-0.1, -0.05) is 0 Å². The van der Waals surface area contributed by atoms with Crippen molar-refractivity contribution in [3.05, 3.63) is 0 Å². The van der Waals surface area contributed by atoms with Crippen molar-refractivity contribution in [1.29, 1.82) is 0 Å². The molecule has 4 saturated carbocycles. The van der Waals surface area contributed by atoms with Crippen LogP contribution in [0.1, 0.15) is 57.8 Å². The number of nitrogens with zero attached hydrogens (tertiary/aromatic N) is 1. The molecule has 0 aromatic rings. The first-order valence-electron chi connectivity index (χ1n) is 11.9. The fourth-order valence-electron chi connectivity index (χ4n) is 7.16. The van der Waals surface area contributed by atoms with Crippen LogP contribution < -0.4 is 0 Å². The molecule has 4 bridgehead atoms. The number of aliphatic hydroxyl groups is 3. The molecule has 29 heavy (non-hydrogen) atoms. The van der Waals surface area contributed by atoms with Gasteiger partial charge in [0.2, 0.25) is 0 Å². The van der Waals surface area contributed by atoms with Crippen LogP contribution in [0.4, 0.5) is 0 Å². The van der Waals surface area contributed by atoms with Crippen LogP contribution in [0.25, 0.3) is 0 Å². The Morgan fingerprint density at radius 2 is 1.55 bits per heavy atom. The number of hydrogen-bond donors (Lipinski definition) is 3. The first kappa shape index (κ1) is 22.0. The summed E-state index contributed by atoms with van der Waals surface area (Å²) in [7, 11) is 1.80. The molecule has 168 valence electrons. The molecule has 1 aliphatic heterocycles. The van der Waals surface area contributed by atoms with Crippen LogP contribution in [0.3, 0.4) is 0 Å². The Balaban J connectivity index is 1.08. The van der Waals surface area contributed by atoms with Crippen LogP contribution in [0, 0.1) is 23.2 Å². The van der Waals surface area contributed by atoms with E-state index in [0.29, 0.717) is 18.6 Å². The van der Waals surface area contributed by atoms with Crippen LogP contribution in [0.5, 0.6) is 0 Å². The van der Waals surface area contributed by atoms with Crippen LogP contribution in [-0.2, 0) is 9.47 Å². The second kappa shape index (κ2) is 9.49. The number of hydrogen-bond acceptors (Lipinski definition) is 6. The average molecular weight is 412 g/mol. The van der Waals surface area contributed by atoms with Gasteiger partial charge in [-0.15, -0.1) is 0 Å². The summed E-state index contributed by atoms with van der Waals surface area (Å²) in [5.41, 5.74) is 0.502. The monoisotopic (exact) mass is 411 g/mol. The summed E-state index contributed by atoms with van der Waals surface area (Å²) in [6.07, 6.45) is 9.44. The third kappa shape index (κ3) is 4.99. The van der Waals surface area contributed by atoms with Crippen molar-refractivity contribution in [2.24, 2.45) is 23.2 Å². The normalized spacial score (nSPS) is 44.5. The SMILES string of the molecule is CN1C[C@H](O)[C@@H](OCCCCCOCC23CC4CC(CC(C4)C2)C3)[C@H](O)[C@H]1CO. The lowest BCUT2D eigenvalue weighted by Gasteiger charge is -2.56. The number of likely N-dealkylation sites (N-methyl/N-ethyl adjacent to an activating group) is 1. The fraction of sp³-hybridized carbons (Fsp3) is 1.00. The molecule has 0 amide bonds. The number of piperidine rings is 1. The van der Waals surface area contributed by atoms with E-state index in [-0.39, 0.29) is 12.6 Å². The standard InChI is InChI=1S/C23H41NO5/c1-24-13-20(26)22(21(27)19(24)14-25)29-6-4-2-3-5-28-15-23-10-16-7-17(11-23)9-18(8-16)12-23/h16-22,25-27H,2-15H2,1H3/t16?,17?,18?,19-,20+,21-,22-,23?/m1/s1. The van der Waals surface area contributed by atoms with Crippen molar-refractivity contribution in [3.63, 3.8) is 0 Å². The first-order valence-corrected chi connectivity index (χ1v) is 11.9. The first-order chi connectivity index (χ1) is 14.0. The van der Waals surface area contributed by atoms with Gasteiger partial charge in [-0.25, -0.2) is 0 Å². The minimum atomic E-state index is -0.864. The molecular formula is C23H41NO5. The van der Waals surface area contributed by atoms with Crippen molar-refractivity contribution in [3.8, 4) is 0 Å². The van der Waals surface area contributed by atoms with Gasteiger partial charge in [0.05, 0.1) is 25.4 Å². The van der Waals surface area contributed by atoms with Gasteiger partial charge in [0.15, 0.2) is 0 Å². The van der Waals surface area contributed by atoms with E-state index >= 15 is 0 Å². The van der Waals surface area contributed by atoms with E-state index in [4.69, 9.17) is 9.47 Å². The third-order valence-corrected chi connectivity index (χ3v) is 8.15. The molecule has 3 N–H and O–H groups in total. The van der Waals surface area contributed by atoms with Crippen LogP contribution >= 0.6 is 0 Å². The molecule has 0 unspecified atom stereocenters. The summed E-state index contributed by atoms with van der Waals surface area (Å²) in [6, 6.07) is -0.374. The minimum absolute atomic E-state index is 0.134. The van der Waals surface area contributed by atoms with Gasteiger partial charge in [0.25, 0.3) is 0 Å². The Morgan fingerprint density at radius 3 is 2.17 bits per heavy atom. The zero-order chi connectivity index (χ0) is 20.4. The second-order valence-electron chi connectivity index (χ2n) is 10.6. The fourth-order valence-corrected chi connectivity index (χ4v) is 7.16. The number of β-amino-alcohol motifs (C(OH)–C–C–N with tert-alkyl or cyclic N) is 1. The smallest absolute Gasteiger partial charge is 0.112 e. The summed E-state index contributed by atoms with van der Waals surface area (Å²) < 4.78 is 11.9. The van der Waals surface area contributed by atoms with E-state index in [1.807, 2.05) is 0 Å². The Bertz CT molecular complexity index is 494. The van der Waals surface area contributed by atoms with Crippen molar-refractivity contribution in [2.75, 3.05) is 40.0 Å². The summed E-state index contributed by atoms with van der Waals surface area (Å²) in [5, 5.41) is 30.0. The predicted molar refractivity (Wildman–Crippen MR) is 111 cm³/mol. The predicted octanol–water partition coefficient (Wildman–Crippen LogP) is 1.80. The Hall–Kier alpha value is -0.240. The van der Waals surface area contributed by atoms with Crippen molar-refractivity contribution < 1.29 is 24.8 Å². The molecule has 1 saturated heterocycles. The van der Waals surface area contributed by atoms with Crippen LogP contribution in [0.2, 0.25) is 0 Å². The molecule has 0 spiro atoms. The Morgan fingerprint density at radius 1 is 0.931 bits per heavy atom. The maximum atomic E-state index is 10.4. The highest BCUT2D eigenvalue weighted by molar-refractivity contribution is 5.01. The summed E-state index contributed by atoms with van der Waals surface area (Å²) >= 11 is 0. The number of aliphatic hydroxyl groups excluding tert-OH is 3. The minimum Gasteiger partial charge on any atom is -0.395 e. The molecule has 4 aliphatic carbocycles. The quantitative estimate of drug-likeness (QED) is 0.476. The maximum absolute atomic E-state index is 10.4. The van der Waals surface area contributed by atoms with Gasteiger partial charge in [-0.05, 0) is 88.0 Å². The molecule has 5 aliphatic rings. The zero-order valence-corrected chi connectivity index (χ0v) is 18.0. The van der Waals surface area contributed by atoms with Crippen molar-refractivity contribution in [2.45, 2.75) is 82.1 Å². The number of unbranched alkanes of at least 4 members (excludes halogenated alkanes) is 2. The lowest BCUT2D eigenvalue weighted by Crippen LogP contribution is -2.62. The highest BCUT2D eigenvalue weighted by atomic mass is 16.5. The lowest BCUT2D eigenvalue weighted by molar-refractivity contribution is -0.163. The molecule has 5 rings (SSSR count). The highest BCUT2D eigenvalue weighted by Crippen LogP contribution is 2.60. The molecule has 0 aromatic carbocycles. The highest BCUT2D eigenvalue weighted by Gasteiger charge is 2.50. The molecule has 4 atom stereocenters. The van der Waals surface area contributed by atoms with E-state index in [2.05, 4.69) is 0 Å². The Kier molecular flexibility index (Phi) is 7.19. The largest absolute Gasteiger partial charge is 0.395 e. The number of ether oxygens (including phenoxy) is 2.